The Bertz CT molecular complexity index is 707. The van der Waals surface area contributed by atoms with Crippen LogP contribution in [0.3, 0.4) is 0 Å². The first-order valence-electron chi connectivity index (χ1n) is 7.21. The third-order valence-corrected chi connectivity index (χ3v) is 4.87. The van der Waals surface area contributed by atoms with Gasteiger partial charge in [0.2, 0.25) is 5.91 Å². The second-order valence-corrected chi connectivity index (χ2v) is 6.84. The van der Waals surface area contributed by atoms with Gasteiger partial charge in [-0.15, -0.1) is 0 Å². The Morgan fingerprint density at radius 3 is 2.39 bits per heavy atom. The molecule has 0 aromatic heterocycles. The molecule has 0 saturated carbocycles. The van der Waals surface area contributed by atoms with Crippen molar-refractivity contribution in [1.29, 1.82) is 0 Å². The molecule has 1 heterocycles. The fourth-order valence-corrected chi connectivity index (χ4v) is 3.16. The van der Waals surface area contributed by atoms with Crippen LogP contribution in [0.5, 0.6) is 5.75 Å². The maximum Gasteiger partial charge on any atom is 0.277 e. The zero-order valence-corrected chi connectivity index (χ0v) is 14.0. The van der Waals surface area contributed by atoms with E-state index in [1.165, 1.54) is 4.31 Å². The van der Waals surface area contributed by atoms with Gasteiger partial charge in [0.15, 0.2) is 0 Å². The molecular weight excluding hydrogens is 318 g/mol. The number of benzene rings is 1. The summed E-state index contributed by atoms with van der Waals surface area (Å²) in [5, 5.41) is 5.09. The highest BCUT2D eigenvalue weighted by molar-refractivity contribution is 7.86. The first-order valence-corrected chi connectivity index (χ1v) is 8.71. The van der Waals surface area contributed by atoms with Crippen LogP contribution in [0.4, 0.5) is 0 Å². The summed E-state index contributed by atoms with van der Waals surface area (Å²) in [5.41, 5.74) is 1.65. The van der Waals surface area contributed by atoms with Gasteiger partial charge in [0.05, 0.1) is 7.11 Å². The lowest BCUT2D eigenvalue weighted by atomic mass is 10.1. The van der Waals surface area contributed by atoms with Crippen LogP contribution in [-0.4, -0.2) is 56.8 Å². The molecule has 0 aliphatic carbocycles. The molecular formula is C15H21N3O4S. The van der Waals surface area contributed by atoms with Crippen LogP contribution in [0.25, 0.3) is 5.57 Å². The van der Waals surface area contributed by atoms with Gasteiger partial charge in [-0.3, -0.25) is 4.79 Å². The third kappa shape index (κ3) is 4.31. The first kappa shape index (κ1) is 17.5. The molecule has 23 heavy (non-hydrogen) atoms. The van der Waals surface area contributed by atoms with E-state index in [2.05, 4.69) is 0 Å². The predicted molar refractivity (Wildman–Crippen MR) is 87.9 cm³/mol. The van der Waals surface area contributed by atoms with Crippen molar-refractivity contribution in [1.82, 2.24) is 9.21 Å². The number of hydrogen-bond donors (Lipinski definition) is 1. The number of nitrogens with zero attached hydrogens (tertiary/aromatic N) is 2. The number of rotatable bonds is 4. The van der Waals surface area contributed by atoms with E-state index in [0.29, 0.717) is 18.8 Å². The molecule has 0 unspecified atom stereocenters. The minimum atomic E-state index is -3.69. The molecule has 1 aliphatic rings. The number of para-hydroxylation sites is 1. The molecule has 1 fully saturated rings. The van der Waals surface area contributed by atoms with Crippen LogP contribution in [0.1, 0.15) is 12.5 Å². The maximum absolute atomic E-state index is 12.3. The second-order valence-electron chi connectivity index (χ2n) is 5.30. The summed E-state index contributed by atoms with van der Waals surface area (Å²) in [7, 11) is -2.10. The molecule has 2 N–H and O–H groups in total. The van der Waals surface area contributed by atoms with E-state index in [1.807, 2.05) is 31.2 Å². The number of carbonyl (C=O) groups excluding carboxylic acids is 1. The van der Waals surface area contributed by atoms with Crippen LogP contribution < -0.4 is 9.88 Å². The zero-order chi connectivity index (χ0) is 17.0. The van der Waals surface area contributed by atoms with Gasteiger partial charge >= 0.3 is 0 Å². The Labute approximate surface area is 136 Å². The molecule has 0 bridgehead atoms. The summed E-state index contributed by atoms with van der Waals surface area (Å²) < 4.78 is 29.0. The van der Waals surface area contributed by atoms with Gasteiger partial charge in [0, 0.05) is 37.8 Å². The Morgan fingerprint density at radius 1 is 1.22 bits per heavy atom. The molecule has 1 aliphatic heterocycles. The van der Waals surface area contributed by atoms with E-state index in [-0.39, 0.29) is 19.0 Å². The van der Waals surface area contributed by atoms with Gasteiger partial charge in [0.25, 0.3) is 10.2 Å². The zero-order valence-electron chi connectivity index (χ0n) is 13.2. The van der Waals surface area contributed by atoms with E-state index in [0.717, 1.165) is 11.1 Å². The smallest absolute Gasteiger partial charge is 0.277 e. The number of piperazine rings is 1. The summed E-state index contributed by atoms with van der Waals surface area (Å²) in [6.07, 6.45) is 1.55. The number of amides is 1. The SMILES string of the molecule is COc1ccccc1/C(C)=C\C(=O)N1CCN(S(N)(=O)=O)CC1. The van der Waals surface area contributed by atoms with E-state index < -0.39 is 10.2 Å². The van der Waals surface area contributed by atoms with Crippen molar-refractivity contribution in [3.63, 3.8) is 0 Å². The van der Waals surface area contributed by atoms with Gasteiger partial charge in [-0.1, -0.05) is 18.2 Å². The number of allylic oxidation sites excluding steroid dienone is 1. The molecule has 0 radical (unpaired) electrons. The largest absolute Gasteiger partial charge is 0.496 e. The lowest BCUT2D eigenvalue weighted by molar-refractivity contribution is -0.127. The summed E-state index contributed by atoms with van der Waals surface area (Å²) in [5.74, 6) is 0.551. The van der Waals surface area contributed by atoms with Crippen molar-refractivity contribution in [3.8, 4) is 5.75 Å². The minimum absolute atomic E-state index is 0.150. The summed E-state index contributed by atoms with van der Waals surface area (Å²) in [6.45, 7) is 2.92. The third-order valence-electron chi connectivity index (χ3n) is 3.78. The standard InChI is InChI=1S/C15H21N3O4S/c1-12(13-5-3-4-6-14(13)22-2)11-15(19)17-7-9-18(10-8-17)23(16,20)21/h3-6,11H,7-10H2,1-2H3,(H2,16,20,21)/b12-11-. The number of nitrogens with two attached hydrogens (primary N) is 1. The van der Waals surface area contributed by atoms with Crippen molar-refractivity contribution >= 4 is 21.7 Å². The van der Waals surface area contributed by atoms with Gasteiger partial charge in [-0.25, -0.2) is 5.14 Å². The molecule has 1 amide bonds. The Kier molecular flexibility index (Phi) is 5.40. The molecule has 2 rings (SSSR count). The molecule has 1 aromatic carbocycles. The van der Waals surface area contributed by atoms with Crippen molar-refractivity contribution in [2.24, 2.45) is 5.14 Å². The van der Waals surface area contributed by atoms with Crippen molar-refractivity contribution < 1.29 is 17.9 Å². The Balaban J connectivity index is 2.07. The van der Waals surface area contributed by atoms with E-state index in [4.69, 9.17) is 9.88 Å². The van der Waals surface area contributed by atoms with Crippen LogP contribution in [0, 0.1) is 0 Å². The van der Waals surface area contributed by atoms with Crippen LogP contribution in [-0.2, 0) is 15.0 Å². The van der Waals surface area contributed by atoms with E-state index in [1.54, 1.807) is 18.1 Å². The van der Waals surface area contributed by atoms with Gasteiger partial charge in [-0.05, 0) is 18.6 Å². The number of carbonyl (C=O) groups is 1. The fraction of sp³-hybridized carbons (Fsp3) is 0.400. The number of hydrogen-bond acceptors (Lipinski definition) is 4. The van der Waals surface area contributed by atoms with E-state index >= 15 is 0 Å². The molecule has 7 nitrogen and oxygen atoms in total. The Hall–Kier alpha value is -1.90. The minimum Gasteiger partial charge on any atom is -0.496 e. The van der Waals surface area contributed by atoms with Crippen molar-refractivity contribution in [2.75, 3.05) is 33.3 Å². The predicted octanol–water partition coefficient (Wildman–Crippen LogP) is 0.446. The van der Waals surface area contributed by atoms with Crippen LogP contribution >= 0.6 is 0 Å². The van der Waals surface area contributed by atoms with Crippen molar-refractivity contribution in [3.05, 3.63) is 35.9 Å². The first-order chi connectivity index (χ1) is 10.8. The summed E-state index contributed by atoms with van der Waals surface area (Å²) in [6, 6.07) is 7.47. The lowest BCUT2D eigenvalue weighted by Crippen LogP contribution is -2.51. The van der Waals surface area contributed by atoms with Gasteiger partial charge < -0.3 is 9.64 Å². The van der Waals surface area contributed by atoms with E-state index in [9.17, 15) is 13.2 Å². The summed E-state index contributed by atoms with van der Waals surface area (Å²) in [4.78, 5) is 14.0. The average Bonchev–Trinajstić information content (AvgIpc) is 2.54. The maximum atomic E-state index is 12.3. The molecule has 8 heteroatoms. The summed E-state index contributed by atoms with van der Waals surface area (Å²) >= 11 is 0. The quantitative estimate of drug-likeness (QED) is 0.806. The highest BCUT2D eigenvalue weighted by atomic mass is 32.2. The second kappa shape index (κ2) is 7.12. The Morgan fingerprint density at radius 2 is 1.83 bits per heavy atom. The topological polar surface area (TPSA) is 92.9 Å². The van der Waals surface area contributed by atoms with Gasteiger partial charge in [-0.2, -0.15) is 12.7 Å². The van der Waals surface area contributed by atoms with Crippen LogP contribution in [0.2, 0.25) is 0 Å². The monoisotopic (exact) mass is 339 g/mol. The molecule has 0 atom stereocenters. The molecule has 0 spiro atoms. The number of methoxy groups -OCH3 is 1. The molecule has 1 aromatic rings. The highest BCUT2D eigenvalue weighted by Gasteiger charge is 2.25. The molecule has 126 valence electrons. The average molecular weight is 339 g/mol. The lowest BCUT2D eigenvalue weighted by Gasteiger charge is -2.32. The number of ether oxygens (including phenoxy) is 1. The van der Waals surface area contributed by atoms with Crippen molar-refractivity contribution in [2.45, 2.75) is 6.92 Å². The highest BCUT2D eigenvalue weighted by Crippen LogP contribution is 2.25. The fourth-order valence-electron chi connectivity index (χ4n) is 2.49. The van der Waals surface area contributed by atoms with Gasteiger partial charge in [0.1, 0.15) is 5.75 Å². The molecule has 1 saturated heterocycles. The van der Waals surface area contributed by atoms with Crippen LogP contribution in [0.15, 0.2) is 30.3 Å². The normalized spacial score (nSPS) is 17.2.